The SMILES string of the molecule is NC(=O)C(CC1CC1)NC(=O)c1ccc(C2CC2)c(OCC2CC2)n1. The number of pyridine rings is 1. The summed E-state index contributed by atoms with van der Waals surface area (Å²) in [5, 5.41) is 2.74. The molecule has 0 bridgehead atoms. The zero-order chi connectivity index (χ0) is 17.4. The number of nitrogens with two attached hydrogens (primary N) is 1. The van der Waals surface area contributed by atoms with Crippen molar-refractivity contribution < 1.29 is 14.3 Å². The molecule has 6 nitrogen and oxygen atoms in total. The molecule has 0 aliphatic heterocycles. The summed E-state index contributed by atoms with van der Waals surface area (Å²) in [6, 6.07) is 3.05. The number of primary amides is 1. The van der Waals surface area contributed by atoms with Gasteiger partial charge in [0.05, 0.1) is 6.61 Å². The predicted octanol–water partition coefficient (Wildman–Crippen LogP) is 2.13. The van der Waals surface area contributed by atoms with Gasteiger partial charge in [-0.3, -0.25) is 9.59 Å². The summed E-state index contributed by atoms with van der Waals surface area (Å²) in [4.78, 5) is 28.6. The molecule has 1 aromatic heterocycles. The van der Waals surface area contributed by atoms with Gasteiger partial charge < -0.3 is 15.8 Å². The first-order valence-electron chi connectivity index (χ1n) is 9.34. The summed E-state index contributed by atoms with van der Waals surface area (Å²) < 4.78 is 5.90. The number of amides is 2. The van der Waals surface area contributed by atoms with Crippen molar-refractivity contribution >= 4 is 11.8 Å². The molecule has 134 valence electrons. The summed E-state index contributed by atoms with van der Waals surface area (Å²) in [6.45, 7) is 0.670. The minimum absolute atomic E-state index is 0.289. The second-order valence-electron chi connectivity index (χ2n) is 7.73. The Balaban J connectivity index is 1.46. The van der Waals surface area contributed by atoms with E-state index in [-0.39, 0.29) is 11.6 Å². The number of carbonyl (C=O) groups excluding carboxylic acids is 2. The summed E-state index contributed by atoms with van der Waals surface area (Å²) >= 11 is 0. The van der Waals surface area contributed by atoms with Crippen LogP contribution in [-0.4, -0.2) is 29.4 Å². The zero-order valence-electron chi connectivity index (χ0n) is 14.4. The van der Waals surface area contributed by atoms with Crippen molar-refractivity contribution in [1.82, 2.24) is 10.3 Å². The Morgan fingerprint density at radius 3 is 2.48 bits per heavy atom. The lowest BCUT2D eigenvalue weighted by atomic mass is 10.1. The number of rotatable bonds is 9. The Bertz CT molecular complexity index is 678. The second-order valence-corrected chi connectivity index (χ2v) is 7.73. The van der Waals surface area contributed by atoms with Gasteiger partial charge in [0, 0.05) is 5.56 Å². The van der Waals surface area contributed by atoms with Crippen LogP contribution in [0.2, 0.25) is 0 Å². The molecule has 0 spiro atoms. The Hall–Kier alpha value is -2.11. The summed E-state index contributed by atoms with van der Waals surface area (Å²) in [7, 11) is 0. The van der Waals surface area contributed by atoms with E-state index in [0.717, 1.165) is 31.2 Å². The van der Waals surface area contributed by atoms with Crippen LogP contribution in [0, 0.1) is 11.8 Å². The molecule has 3 aliphatic carbocycles. The van der Waals surface area contributed by atoms with Gasteiger partial charge in [0.2, 0.25) is 11.8 Å². The zero-order valence-corrected chi connectivity index (χ0v) is 14.4. The number of hydrogen-bond acceptors (Lipinski definition) is 4. The van der Waals surface area contributed by atoms with Gasteiger partial charge in [0.15, 0.2) is 0 Å². The molecule has 3 saturated carbocycles. The van der Waals surface area contributed by atoms with Crippen molar-refractivity contribution in [3.63, 3.8) is 0 Å². The number of ether oxygens (including phenoxy) is 1. The van der Waals surface area contributed by atoms with Gasteiger partial charge in [-0.05, 0) is 55.9 Å². The van der Waals surface area contributed by atoms with Crippen molar-refractivity contribution in [3.05, 3.63) is 23.4 Å². The van der Waals surface area contributed by atoms with Gasteiger partial charge in [-0.15, -0.1) is 0 Å². The number of hydrogen-bond donors (Lipinski definition) is 2. The van der Waals surface area contributed by atoms with Crippen LogP contribution in [-0.2, 0) is 4.79 Å². The highest BCUT2D eigenvalue weighted by molar-refractivity contribution is 5.96. The van der Waals surface area contributed by atoms with E-state index < -0.39 is 11.9 Å². The molecule has 0 saturated heterocycles. The van der Waals surface area contributed by atoms with Gasteiger partial charge in [-0.1, -0.05) is 18.9 Å². The van der Waals surface area contributed by atoms with Crippen LogP contribution in [0.15, 0.2) is 12.1 Å². The molecule has 3 aliphatic rings. The monoisotopic (exact) mass is 343 g/mol. The van der Waals surface area contributed by atoms with Crippen molar-refractivity contribution in [2.75, 3.05) is 6.61 Å². The maximum Gasteiger partial charge on any atom is 0.270 e. The van der Waals surface area contributed by atoms with Crippen LogP contribution < -0.4 is 15.8 Å². The molecule has 0 aromatic carbocycles. The molecule has 3 fully saturated rings. The normalized spacial score (nSPS) is 20.8. The predicted molar refractivity (Wildman–Crippen MR) is 92.2 cm³/mol. The Morgan fingerprint density at radius 2 is 1.88 bits per heavy atom. The fourth-order valence-corrected chi connectivity index (χ4v) is 3.04. The van der Waals surface area contributed by atoms with Crippen molar-refractivity contribution in [2.45, 2.75) is 56.9 Å². The minimum atomic E-state index is -0.624. The summed E-state index contributed by atoms with van der Waals surface area (Å²) in [6.07, 6.45) is 7.55. The van der Waals surface area contributed by atoms with Crippen molar-refractivity contribution in [1.29, 1.82) is 0 Å². The molecule has 1 heterocycles. The second kappa shape index (κ2) is 6.65. The molecule has 6 heteroatoms. The average Bonchev–Trinajstić information content (AvgIpc) is 3.46. The Labute approximate surface area is 147 Å². The van der Waals surface area contributed by atoms with Gasteiger partial charge in [-0.25, -0.2) is 4.98 Å². The minimum Gasteiger partial charge on any atom is -0.477 e. The van der Waals surface area contributed by atoms with Gasteiger partial charge in [0.1, 0.15) is 11.7 Å². The van der Waals surface area contributed by atoms with E-state index >= 15 is 0 Å². The lowest BCUT2D eigenvalue weighted by Gasteiger charge is -2.16. The van der Waals surface area contributed by atoms with Crippen LogP contribution in [0.25, 0.3) is 0 Å². The number of aromatic nitrogens is 1. The first kappa shape index (κ1) is 16.4. The fourth-order valence-electron chi connectivity index (χ4n) is 3.04. The Kier molecular flexibility index (Phi) is 4.36. The summed E-state index contributed by atoms with van der Waals surface area (Å²) in [5.41, 5.74) is 6.82. The highest BCUT2D eigenvalue weighted by Crippen LogP contribution is 2.44. The maximum absolute atomic E-state index is 12.5. The lowest BCUT2D eigenvalue weighted by Crippen LogP contribution is -2.45. The average molecular weight is 343 g/mol. The highest BCUT2D eigenvalue weighted by atomic mass is 16.5. The third-order valence-corrected chi connectivity index (χ3v) is 5.21. The van der Waals surface area contributed by atoms with Crippen molar-refractivity contribution in [2.24, 2.45) is 17.6 Å². The molecule has 0 radical (unpaired) electrons. The van der Waals surface area contributed by atoms with Gasteiger partial charge in [-0.2, -0.15) is 0 Å². The first-order valence-corrected chi connectivity index (χ1v) is 9.34. The van der Waals surface area contributed by atoms with E-state index in [1.807, 2.05) is 6.07 Å². The largest absolute Gasteiger partial charge is 0.477 e. The van der Waals surface area contributed by atoms with E-state index in [9.17, 15) is 9.59 Å². The fraction of sp³-hybridized carbons (Fsp3) is 0.632. The van der Waals surface area contributed by atoms with Crippen LogP contribution >= 0.6 is 0 Å². The third-order valence-electron chi connectivity index (χ3n) is 5.21. The topological polar surface area (TPSA) is 94.3 Å². The molecule has 1 atom stereocenters. The van der Waals surface area contributed by atoms with Crippen LogP contribution in [0.1, 0.15) is 66.9 Å². The van der Waals surface area contributed by atoms with E-state index in [2.05, 4.69) is 10.3 Å². The van der Waals surface area contributed by atoms with Gasteiger partial charge >= 0.3 is 0 Å². The molecule has 3 N–H and O–H groups in total. The first-order chi connectivity index (χ1) is 12.1. The van der Waals surface area contributed by atoms with E-state index in [1.54, 1.807) is 6.07 Å². The van der Waals surface area contributed by atoms with Crippen LogP contribution in [0.3, 0.4) is 0 Å². The molecular weight excluding hydrogens is 318 g/mol. The smallest absolute Gasteiger partial charge is 0.270 e. The summed E-state index contributed by atoms with van der Waals surface area (Å²) in [5.74, 6) is 1.37. The van der Waals surface area contributed by atoms with Crippen LogP contribution in [0.4, 0.5) is 0 Å². The quantitative estimate of drug-likeness (QED) is 0.718. The molecule has 4 rings (SSSR count). The highest BCUT2D eigenvalue weighted by Gasteiger charge is 2.32. The van der Waals surface area contributed by atoms with Crippen LogP contribution in [0.5, 0.6) is 5.88 Å². The third kappa shape index (κ3) is 4.30. The number of nitrogens with zero attached hydrogens (tertiary/aromatic N) is 1. The maximum atomic E-state index is 12.5. The van der Waals surface area contributed by atoms with E-state index in [1.165, 1.54) is 12.8 Å². The number of nitrogens with one attached hydrogen (secondary N) is 1. The van der Waals surface area contributed by atoms with E-state index in [4.69, 9.17) is 10.5 Å². The molecule has 25 heavy (non-hydrogen) atoms. The number of carbonyl (C=O) groups is 2. The Morgan fingerprint density at radius 1 is 1.16 bits per heavy atom. The standard InChI is InChI=1S/C19H25N3O3/c20-17(23)16(9-11-1-2-11)21-18(24)15-8-7-14(13-5-6-13)19(22-15)25-10-12-3-4-12/h7-8,11-13,16H,1-6,9-10H2,(H2,20,23)(H,21,24). The van der Waals surface area contributed by atoms with Gasteiger partial charge in [0.25, 0.3) is 5.91 Å². The molecule has 2 amide bonds. The van der Waals surface area contributed by atoms with Crippen molar-refractivity contribution in [3.8, 4) is 5.88 Å². The molecule has 1 unspecified atom stereocenters. The molecular formula is C19H25N3O3. The van der Waals surface area contributed by atoms with E-state index in [0.29, 0.717) is 36.7 Å². The molecule has 1 aromatic rings. The lowest BCUT2D eigenvalue weighted by molar-refractivity contribution is -0.120.